The van der Waals surface area contributed by atoms with Crippen molar-refractivity contribution in [3.63, 3.8) is 0 Å². The zero-order chi connectivity index (χ0) is 10.0. The van der Waals surface area contributed by atoms with E-state index in [0.29, 0.717) is 17.6 Å². The molecule has 0 aromatic heterocycles. The monoisotopic (exact) mass is 198 g/mol. The molecule has 0 aliphatic heterocycles. The van der Waals surface area contributed by atoms with E-state index < -0.39 is 0 Å². The van der Waals surface area contributed by atoms with E-state index >= 15 is 0 Å². The van der Waals surface area contributed by atoms with Crippen molar-refractivity contribution in [2.45, 2.75) is 13.8 Å². The zero-order valence-corrected chi connectivity index (χ0v) is 8.80. The van der Waals surface area contributed by atoms with Gasteiger partial charge in [-0.1, -0.05) is 26.5 Å². The summed E-state index contributed by atoms with van der Waals surface area (Å²) < 4.78 is 0. The second-order valence-electron chi connectivity index (χ2n) is 3.61. The molecule has 1 atom stereocenters. The summed E-state index contributed by atoms with van der Waals surface area (Å²) in [5.74, 6) is 1.26. The van der Waals surface area contributed by atoms with E-state index in [9.17, 15) is 5.11 Å². The van der Waals surface area contributed by atoms with Crippen molar-refractivity contribution < 1.29 is 5.11 Å². The number of aliphatic hydroxyl groups is 1. The maximum atomic E-state index is 9.65. The van der Waals surface area contributed by atoms with Gasteiger partial charge in [-0.25, -0.2) is 0 Å². The highest BCUT2D eigenvalue weighted by Crippen LogP contribution is 2.33. The molecular formula is C11H15ClO. The molecule has 0 fully saturated rings. The molecule has 0 aromatic carbocycles. The second-order valence-corrected chi connectivity index (χ2v) is 3.92. The maximum Gasteiger partial charge on any atom is 0.115 e. The van der Waals surface area contributed by atoms with Crippen LogP contribution in [0.3, 0.4) is 0 Å². The van der Waals surface area contributed by atoms with Gasteiger partial charge in [-0.15, -0.1) is 11.6 Å². The summed E-state index contributed by atoms with van der Waals surface area (Å²) in [6, 6.07) is 0. The van der Waals surface area contributed by atoms with Gasteiger partial charge >= 0.3 is 0 Å². The van der Waals surface area contributed by atoms with E-state index in [1.807, 2.05) is 6.08 Å². The summed E-state index contributed by atoms with van der Waals surface area (Å²) in [5.41, 5.74) is 1.99. The van der Waals surface area contributed by atoms with Gasteiger partial charge in [0, 0.05) is 11.8 Å². The van der Waals surface area contributed by atoms with Gasteiger partial charge in [0.15, 0.2) is 0 Å². The molecule has 1 aliphatic carbocycles. The Morgan fingerprint density at radius 3 is 2.54 bits per heavy atom. The van der Waals surface area contributed by atoms with Crippen LogP contribution < -0.4 is 0 Å². The molecule has 1 aliphatic rings. The summed E-state index contributed by atoms with van der Waals surface area (Å²) in [6.45, 7) is 8.02. The molecule has 1 unspecified atom stereocenters. The molecular weight excluding hydrogens is 184 g/mol. The highest BCUT2D eigenvalue weighted by Gasteiger charge is 2.24. The molecule has 13 heavy (non-hydrogen) atoms. The van der Waals surface area contributed by atoms with Crippen LogP contribution in [0.5, 0.6) is 0 Å². The second kappa shape index (κ2) is 4.01. The van der Waals surface area contributed by atoms with Crippen LogP contribution in [0.4, 0.5) is 0 Å². The van der Waals surface area contributed by atoms with Crippen molar-refractivity contribution in [3.8, 4) is 0 Å². The first-order valence-electron chi connectivity index (χ1n) is 4.43. The SMILES string of the molecule is C=C1C=CC(O)=C(C(C)C)C1CCl. The summed E-state index contributed by atoms with van der Waals surface area (Å²) in [6.07, 6.45) is 3.52. The van der Waals surface area contributed by atoms with Gasteiger partial charge in [0.05, 0.1) is 0 Å². The van der Waals surface area contributed by atoms with E-state index in [0.717, 1.165) is 11.1 Å². The molecule has 0 amide bonds. The van der Waals surface area contributed by atoms with Gasteiger partial charge < -0.3 is 5.11 Å². The Morgan fingerprint density at radius 1 is 1.54 bits per heavy atom. The number of hydrogen-bond donors (Lipinski definition) is 1. The van der Waals surface area contributed by atoms with Crippen molar-refractivity contribution in [3.05, 3.63) is 35.6 Å². The molecule has 72 valence electrons. The Labute approximate surface area is 84.4 Å². The Balaban J connectivity index is 3.07. The quantitative estimate of drug-likeness (QED) is 0.674. The third-order valence-corrected chi connectivity index (χ3v) is 2.66. The van der Waals surface area contributed by atoms with Crippen LogP contribution in [0.25, 0.3) is 0 Å². The van der Waals surface area contributed by atoms with Gasteiger partial charge in [-0.3, -0.25) is 0 Å². The molecule has 0 aromatic rings. The first-order chi connectivity index (χ1) is 6.07. The molecule has 0 bridgehead atoms. The van der Waals surface area contributed by atoms with E-state index in [2.05, 4.69) is 20.4 Å². The lowest BCUT2D eigenvalue weighted by Crippen LogP contribution is -2.17. The van der Waals surface area contributed by atoms with Crippen molar-refractivity contribution >= 4 is 11.6 Å². The number of allylic oxidation sites excluding steroid dienone is 4. The summed E-state index contributed by atoms with van der Waals surface area (Å²) in [7, 11) is 0. The predicted molar refractivity (Wildman–Crippen MR) is 57.0 cm³/mol. The minimum Gasteiger partial charge on any atom is -0.508 e. The molecule has 0 spiro atoms. The fourth-order valence-corrected chi connectivity index (χ4v) is 2.02. The van der Waals surface area contributed by atoms with Gasteiger partial charge in [0.25, 0.3) is 0 Å². The molecule has 0 saturated heterocycles. The van der Waals surface area contributed by atoms with Crippen LogP contribution in [0.15, 0.2) is 35.6 Å². The van der Waals surface area contributed by atoms with E-state index in [4.69, 9.17) is 11.6 Å². The first kappa shape index (κ1) is 10.4. The number of hydrogen-bond acceptors (Lipinski definition) is 1. The number of halogens is 1. The smallest absolute Gasteiger partial charge is 0.115 e. The highest BCUT2D eigenvalue weighted by molar-refractivity contribution is 6.18. The molecule has 1 rings (SSSR count). The van der Waals surface area contributed by atoms with Crippen molar-refractivity contribution in [1.29, 1.82) is 0 Å². The largest absolute Gasteiger partial charge is 0.508 e. The van der Waals surface area contributed by atoms with Crippen molar-refractivity contribution in [2.24, 2.45) is 11.8 Å². The zero-order valence-electron chi connectivity index (χ0n) is 8.05. The van der Waals surface area contributed by atoms with E-state index in [-0.39, 0.29) is 5.92 Å². The molecule has 0 heterocycles. The lowest BCUT2D eigenvalue weighted by molar-refractivity contribution is 0.402. The minimum atomic E-state index is 0.103. The fourth-order valence-electron chi connectivity index (χ4n) is 1.66. The standard InChI is InChI=1S/C11H15ClO/c1-7(2)11-9(6-12)8(3)4-5-10(11)13/h4-5,7,9,13H,3,6H2,1-2H3. The third kappa shape index (κ3) is 1.97. The van der Waals surface area contributed by atoms with Gasteiger partial charge in [-0.05, 0) is 23.1 Å². The van der Waals surface area contributed by atoms with E-state index in [1.54, 1.807) is 6.08 Å². The van der Waals surface area contributed by atoms with Crippen LogP contribution in [-0.4, -0.2) is 11.0 Å². The van der Waals surface area contributed by atoms with Crippen LogP contribution in [0.1, 0.15) is 13.8 Å². The Bertz CT molecular complexity index is 274. The lowest BCUT2D eigenvalue weighted by Gasteiger charge is -2.25. The van der Waals surface area contributed by atoms with Crippen LogP contribution >= 0.6 is 11.6 Å². The Hall–Kier alpha value is -0.690. The summed E-state index contributed by atoms with van der Waals surface area (Å²) in [5, 5.41) is 9.65. The topological polar surface area (TPSA) is 20.2 Å². The van der Waals surface area contributed by atoms with Crippen LogP contribution in [0.2, 0.25) is 0 Å². The molecule has 0 saturated carbocycles. The Kier molecular flexibility index (Phi) is 3.21. The maximum absolute atomic E-state index is 9.65. The summed E-state index contributed by atoms with van der Waals surface area (Å²) >= 11 is 5.84. The number of rotatable bonds is 2. The van der Waals surface area contributed by atoms with Crippen molar-refractivity contribution in [2.75, 3.05) is 5.88 Å². The first-order valence-corrected chi connectivity index (χ1v) is 4.97. The van der Waals surface area contributed by atoms with E-state index in [1.165, 1.54) is 0 Å². The number of aliphatic hydroxyl groups excluding tert-OH is 1. The van der Waals surface area contributed by atoms with Crippen molar-refractivity contribution in [1.82, 2.24) is 0 Å². The molecule has 1 N–H and O–H groups in total. The predicted octanol–water partition coefficient (Wildman–Crippen LogP) is 3.44. The molecule has 0 radical (unpaired) electrons. The normalized spacial score (nSPS) is 23.1. The average molecular weight is 199 g/mol. The number of alkyl halides is 1. The summed E-state index contributed by atoms with van der Waals surface area (Å²) in [4.78, 5) is 0. The molecule has 2 heteroatoms. The third-order valence-electron chi connectivity index (χ3n) is 2.35. The van der Waals surface area contributed by atoms with Crippen LogP contribution in [0, 0.1) is 11.8 Å². The average Bonchev–Trinajstić information content (AvgIpc) is 2.07. The molecule has 1 nitrogen and oxygen atoms in total. The van der Waals surface area contributed by atoms with Crippen LogP contribution in [-0.2, 0) is 0 Å². The fraction of sp³-hybridized carbons (Fsp3) is 0.455. The minimum absolute atomic E-state index is 0.103. The Morgan fingerprint density at radius 2 is 2.15 bits per heavy atom. The lowest BCUT2D eigenvalue weighted by atomic mass is 9.82. The van der Waals surface area contributed by atoms with Gasteiger partial charge in [-0.2, -0.15) is 0 Å². The highest BCUT2D eigenvalue weighted by atomic mass is 35.5. The van der Waals surface area contributed by atoms with Gasteiger partial charge in [0.2, 0.25) is 0 Å². The van der Waals surface area contributed by atoms with Gasteiger partial charge in [0.1, 0.15) is 5.76 Å².